The molecule has 1 aromatic carbocycles. The molecular weight excluding hydrogens is 278 g/mol. The molecular formula is C17H25N3O2. The number of anilines is 1. The normalized spacial score (nSPS) is 10.8. The highest BCUT2D eigenvalue weighted by Gasteiger charge is 2.10. The van der Waals surface area contributed by atoms with Crippen molar-refractivity contribution < 1.29 is 9.84 Å². The van der Waals surface area contributed by atoms with Crippen LogP contribution >= 0.6 is 0 Å². The fraction of sp³-hybridized carbons (Fsp3) is 0.471. The Kier molecular flexibility index (Phi) is 5.44. The zero-order valence-corrected chi connectivity index (χ0v) is 13.8. The van der Waals surface area contributed by atoms with Crippen LogP contribution in [0, 0.1) is 13.8 Å². The van der Waals surface area contributed by atoms with E-state index in [-0.39, 0.29) is 6.61 Å². The number of nitrogens with zero attached hydrogens (tertiary/aromatic N) is 2. The van der Waals surface area contributed by atoms with Crippen LogP contribution in [0.15, 0.2) is 18.2 Å². The molecule has 0 aliphatic carbocycles. The average molecular weight is 303 g/mol. The Labute approximate surface area is 131 Å². The summed E-state index contributed by atoms with van der Waals surface area (Å²) in [5, 5.41) is 17.4. The van der Waals surface area contributed by atoms with E-state index in [1.54, 1.807) is 0 Å². The van der Waals surface area contributed by atoms with Crippen molar-refractivity contribution in [1.82, 2.24) is 9.78 Å². The molecule has 120 valence electrons. The molecule has 0 aliphatic rings. The van der Waals surface area contributed by atoms with Crippen LogP contribution < -0.4 is 10.1 Å². The lowest BCUT2D eigenvalue weighted by atomic mass is 10.1. The van der Waals surface area contributed by atoms with E-state index in [0.717, 1.165) is 35.8 Å². The Morgan fingerprint density at radius 1 is 1.27 bits per heavy atom. The Bertz CT molecular complexity index is 635. The van der Waals surface area contributed by atoms with Gasteiger partial charge in [0.15, 0.2) is 0 Å². The summed E-state index contributed by atoms with van der Waals surface area (Å²) >= 11 is 0. The molecule has 0 fully saturated rings. The Hall–Kier alpha value is -2.01. The minimum absolute atomic E-state index is 0.0311. The molecule has 2 rings (SSSR count). The predicted molar refractivity (Wildman–Crippen MR) is 88.2 cm³/mol. The first kappa shape index (κ1) is 16.4. The zero-order valence-electron chi connectivity index (χ0n) is 13.8. The Morgan fingerprint density at radius 2 is 2.05 bits per heavy atom. The molecule has 5 nitrogen and oxygen atoms in total. The van der Waals surface area contributed by atoms with E-state index in [2.05, 4.69) is 24.3 Å². The molecule has 0 saturated heterocycles. The largest absolute Gasteiger partial charge is 0.494 e. The first-order valence-electron chi connectivity index (χ1n) is 7.74. The van der Waals surface area contributed by atoms with E-state index in [9.17, 15) is 5.11 Å². The van der Waals surface area contributed by atoms with Crippen LogP contribution in [0.5, 0.6) is 5.75 Å². The maximum atomic E-state index is 9.46. The van der Waals surface area contributed by atoms with Gasteiger partial charge in [-0.3, -0.25) is 4.68 Å². The van der Waals surface area contributed by atoms with Crippen LogP contribution in [0.25, 0.3) is 0 Å². The number of rotatable bonds is 7. The second kappa shape index (κ2) is 7.31. The van der Waals surface area contributed by atoms with E-state index in [4.69, 9.17) is 4.74 Å². The van der Waals surface area contributed by atoms with E-state index in [1.165, 1.54) is 11.3 Å². The lowest BCUT2D eigenvalue weighted by molar-refractivity contribution is 0.267. The van der Waals surface area contributed by atoms with E-state index < -0.39 is 0 Å². The smallest absolute Gasteiger partial charge is 0.124 e. The number of ether oxygens (including phenoxy) is 1. The first-order chi connectivity index (χ1) is 10.6. The van der Waals surface area contributed by atoms with Crippen molar-refractivity contribution in [2.75, 3.05) is 11.9 Å². The highest BCUT2D eigenvalue weighted by atomic mass is 16.5. The zero-order chi connectivity index (χ0) is 16.1. The average Bonchev–Trinajstić information content (AvgIpc) is 2.80. The number of aromatic nitrogens is 2. The molecule has 1 aromatic heterocycles. The van der Waals surface area contributed by atoms with Crippen molar-refractivity contribution in [3.05, 3.63) is 40.7 Å². The minimum atomic E-state index is -0.0311. The fourth-order valence-electron chi connectivity index (χ4n) is 2.60. The number of aliphatic hydroxyl groups excluding tert-OH is 1. The Morgan fingerprint density at radius 3 is 2.64 bits per heavy atom. The third-order valence-corrected chi connectivity index (χ3v) is 3.83. The van der Waals surface area contributed by atoms with Crippen molar-refractivity contribution in [3.8, 4) is 5.75 Å². The van der Waals surface area contributed by atoms with Gasteiger partial charge in [0.05, 0.1) is 18.9 Å². The highest BCUT2D eigenvalue weighted by Crippen LogP contribution is 2.24. The van der Waals surface area contributed by atoms with Gasteiger partial charge in [-0.15, -0.1) is 0 Å². The summed E-state index contributed by atoms with van der Waals surface area (Å²) in [7, 11) is 0. The molecule has 0 radical (unpaired) electrons. The number of benzene rings is 1. The highest BCUT2D eigenvalue weighted by molar-refractivity contribution is 5.51. The molecule has 0 unspecified atom stereocenters. The minimum Gasteiger partial charge on any atom is -0.494 e. The third-order valence-electron chi connectivity index (χ3n) is 3.83. The summed E-state index contributed by atoms with van der Waals surface area (Å²) in [5.74, 6) is 0.738. The molecule has 0 amide bonds. The Balaban J connectivity index is 2.13. The van der Waals surface area contributed by atoms with Gasteiger partial charge in [0.2, 0.25) is 0 Å². The van der Waals surface area contributed by atoms with Gasteiger partial charge < -0.3 is 15.2 Å². The molecule has 2 aromatic rings. The van der Waals surface area contributed by atoms with Crippen molar-refractivity contribution in [2.45, 2.75) is 47.4 Å². The van der Waals surface area contributed by atoms with Gasteiger partial charge in [-0.25, -0.2) is 0 Å². The van der Waals surface area contributed by atoms with Crippen molar-refractivity contribution >= 4 is 5.69 Å². The molecule has 0 bridgehead atoms. The van der Waals surface area contributed by atoms with Gasteiger partial charge >= 0.3 is 0 Å². The standard InChI is InChI=1S/C17H25N3O2/c1-5-20-13(4)16(12(3)19-20)10-18-15-7-8-17(22-6-2)14(9-15)11-21/h7-9,18,21H,5-6,10-11H2,1-4H3. The molecule has 0 atom stereocenters. The molecule has 2 N–H and O–H groups in total. The quantitative estimate of drug-likeness (QED) is 0.825. The van der Waals surface area contributed by atoms with Crippen LogP contribution in [0.1, 0.15) is 36.4 Å². The van der Waals surface area contributed by atoms with Gasteiger partial charge in [-0.1, -0.05) is 0 Å². The number of hydrogen-bond acceptors (Lipinski definition) is 4. The van der Waals surface area contributed by atoms with E-state index in [0.29, 0.717) is 6.61 Å². The molecule has 22 heavy (non-hydrogen) atoms. The van der Waals surface area contributed by atoms with Gasteiger partial charge in [0.1, 0.15) is 5.75 Å². The fourth-order valence-corrected chi connectivity index (χ4v) is 2.60. The van der Waals surface area contributed by atoms with Crippen molar-refractivity contribution in [1.29, 1.82) is 0 Å². The van der Waals surface area contributed by atoms with E-state index >= 15 is 0 Å². The summed E-state index contributed by atoms with van der Waals surface area (Å²) < 4.78 is 7.52. The van der Waals surface area contributed by atoms with Gasteiger partial charge in [-0.05, 0) is 45.9 Å². The van der Waals surface area contributed by atoms with Crippen LogP contribution in [-0.2, 0) is 19.7 Å². The molecule has 0 spiro atoms. The van der Waals surface area contributed by atoms with Crippen LogP contribution in [0.2, 0.25) is 0 Å². The second-order valence-corrected chi connectivity index (χ2v) is 5.23. The maximum Gasteiger partial charge on any atom is 0.124 e. The monoisotopic (exact) mass is 303 g/mol. The van der Waals surface area contributed by atoms with Crippen LogP contribution in [0.3, 0.4) is 0 Å². The summed E-state index contributed by atoms with van der Waals surface area (Å²) in [5.41, 5.74) is 5.24. The van der Waals surface area contributed by atoms with Crippen molar-refractivity contribution in [2.24, 2.45) is 0 Å². The topological polar surface area (TPSA) is 59.3 Å². The predicted octanol–water partition coefficient (Wildman–Crippen LogP) is 3.02. The number of nitrogens with one attached hydrogen (secondary N) is 1. The molecule has 0 aliphatic heterocycles. The number of aliphatic hydroxyl groups is 1. The summed E-state index contributed by atoms with van der Waals surface area (Å²) in [6.07, 6.45) is 0. The van der Waals surface area contributed by atoms with Gasteiger partial charge in [0.25, 0.3) is 0 Å². The summed E-state index contributed by atoms with van der Waals surface area (Å²) in [6.45, 7) is 10.3. The maximum absolute atomic E-state index is 9.46. The third kappa shape index (κ3) is 3.42. The lowest BCUT2D eigenvalue weighted by Crippen LogP contribution is -2.04. The molecule has 0 saturated carbocycles. The van der Waals surface area contributed by atoms with Gasteiger partial charge in [0, 0.05) is 35.6 Å². The van der Waals surface area contributed by atoms with E-state index in [1.807, 2.05) is 36.7 Å². The molecule has 1 heterocycles. The van der Waals surface area contributed by atoms with Crippen molar-refractivity contribution in [3.63, 3.8) is 0 Å². The summed E-state index contributed by atoms with van der Waals surface area (Å²) in [6, 6.07) is 5.80. The summed E-state index contributed by atoms with van der Waals surface area (Å²) in [4.78, 5) is 0. The molecule has 5 heteroatoms. The SMILES string of the molecule is CCOc1ccc(NCc2c(C)nn(CC)c2C)cc1CO. The van der Waals surface area contributed by atoms with Crippen LogP contribution in [-0.4, -0.2) is 21.5 Å². The number of aryl methyl sites for hydroxylation is 2. The van der Waals surface area contributed by atoms with Crippen LogP contribution in [0.4, 0.5) is 5.69 Å². The lowest BCUT2D eigenvalue weighted by Gasteiger charge is -2.12. The first-order valence-corrected chi connectivity index (χ1v) is 7.74. The second-order valence-electron chi connectivity index (χ2n) is 5.23. The van der Waals surface area contributed by atoms with Gasteiger partial charge in [-0.2, -0.15) is 5.10 Å². The number of hydrogen-bond donors (Lipinski definition) is 2.